The maximum Gasteiger partial charge on any atom is 0.417 e. The molecule has 2 N–H and O–H groups in total. The van der Waals surface area contributed by atoms with Crippen molar-refractivity contribution in [2.45, 2.75) is 96.9 Å². The van der Waals surface area contributed by atoms with E-state index in [2.05, 4.69) is 10.3 Å². The summed E-state index contributed by atoms with van der Waals surface area (Å²) in [4.78, 5) is 66.4. The Labute approximate surface area is 424 Å². The molecule has 19 heteroatoms. The summed E-state index contributed by atoms with van der Waals surface area (Å²) < 4.78 is 53.0. The molecule has 72 heavy (non-hydrogen) atoms. The van der Waals surface area contributed by atoms with E-state index in [0.29, 0.717) is 43.1 Å². The lowest BCUT2D eigenvalue weighted by atomic mass is 10.0. The molecule has 0 saturated carbocycles. The van der Waals surface area contributed by atoms with Crippen LogP contribution in [0.25, 0.3) is 10.4 Å². The van der Waals surface area contributed by atoms with Gasteiger partial charge in [0.1, 0.15) is 30.0 Å². The topological polar surface area (TPSA) is 169 Å². The number of nitrogens with zero attached hydrogens (tertiary/aromatic N) is 6. The first-order chi connectivity index (χ1) is 34.3. The Morgan fingerprint density at radius 1 is 0.986 bits per heavy atom. The van der Waals surface area contributed by atoms with E-state index in [0.717, 1.165) is 49.9 Å². The number of aryl methyl sites for hydroxylation is 2. The molecule has 0 radical (unpaired) electrons. The van der Waals surface area contributed by atoms with Crippen molar-refractivity contribution in [3.8, 4) is 22.3 Å². The quantitative estimate of drug-likeness (QED) is 0.0681. The summed E-state index contributed by atoms with van der Waals surface area (Å²) in [5.74, 6) is -1.27. The number of carbonyl (C=O) groups excluding carboxylic acids is 4. The molecule has 4 heterocycles. The predicted molar refractivity (Wildman–Crippen MR) is 269 cm³/mol. The number of ether oxygens (including phenoxy) is 2. The first kappa shape index (κ1) is 51.6. The van der Waals surface area contributed by atoms with Crippen molar-refractivity contribution in [1.82, 2.24) is 20.1 Å². The number of fused-ring (bicyclic) bond motifs is 1. The maximum atomic E-state index is 14.3. The summed E-state index contributed by atoms with van der Waals surface area (Å²) in [6.45, 7) is 10.4. The molecule has 2 fully saturated rings. The lowest BCUT2D eigenvalue weighted by Gasteiger charge is -2.35. The molecule has 4 aromatic carbocycles. The Hall–Kier alpha value is -6.72. The van der Waals surface area contributed by atoms with Crippen molar-refractivity contribution in [1.29, 1.82) is 5.26 Å². The van der Waals surface area contributed by atoms with Gasteiger partial charge in [-0.1, -0.05) is 50.2 Å². The molecule has 1 unspecified atom stereocenters. The van der Waals surface area contributed by atoms with Crippen LogP contribution in [0.1, 0.15) is 84.4 Å². The number of rotatable bonds is 17. The smallest absolute Gasteiger partial charge is 0.417 e. The average Bonchev–Trinajstić information content (AvgIpc) is 4.09. The highest BCUT2D eigenvalue weighted by Gasteiger charge is 2.51. The Morgan fingerprint density at radius 2 is 1.69 bits per heavy atom. The highest BCUT2D eigenvalue weighted by molar-refractivity contribution is 7.81. The maximum absolute atomic E-state index is 14.3. The number of aliphatic hydroxyl groups excluding tert-OH is 1. The first-order valence-electron chi connectivity index (χ1n) is 23.6. The van der Waals surface area contributed by atoms with Gasteiger partial charge in [0.25, 0.3) is 11.8 Å². The molecule has 0 spiro atoms. The zero-order valence-corrected chi connectivity index (χ0v) is 42.0. The third-order valence-electron chi connectivity index (χ3n) is 13.2. The molecule has 5 aromatic rings. The van der Waals surface area contributed by atoms with Gasteiger partial charge in [0.15, 0.2) is 5.11 Å². The number of alkyl halides is 3. The number of aromatic nitrogens is 1. The number of aliphatic hydroxyl groups is 1. The Balaban J connectivity index is 0.795. The summed E-state index contributed by atoms with van der Waals surface area (Å²) in [5, 5.41) is 22.9. The molecule has 14 nitrogen and oxygen atoms in total. The van der Waals surface area contributed by atoms with Crippen molar-refractivity contribution in [2.75, 3.05) is 36.2 Å². The normalized spacial score (nSPS) is 18.0. The van der Waals surface area contributed by atoms with Crippen molar-refractivity contribution >= 4 is 63.7 Å². The van der Waals surface area contributed by atoms with E-state index < -0.39 is 46.9 Å². The number of β-amino-alcohol motifs (C(OH)–C–C–N with tert-alkyl or cyclic N) is 1. The molecule has 2 saturated heterocycles. The Bertz CT molecular complexity index is 2920. The summed E-state index contributed by atoms with van der Waals surface area (Å²) in [6.07, 6.45) is -4.22. The molecule has 4 amide bonds. The van der Waals surface area contributed by atoms with Crippen LogP contribution in [-0.4, -0.2) is 98.7 Å². The zero-order chi connectivity index (χ0) is 51.6. The van der Waals surface area contributed by atoms with Gasteiger partial charge in [0.2, 0.25) is 11.8 Å². The molecule has 3 aliphatic rings. The van der Waals surface area contributed by atoms with E-state index in [4.69, 9.17) is 21.7 Å². The molecule has 3 aliphatic heterocycles. The van der Waals surface area contributed by atoms with Crippen LogP contribution in [0.15, 0.2) is 90.4 Å². The van der Waals surface area contributed by atoms with Gasteiger partial charge in [-0.25, -0.2) is 4.98 Å². The molecule has 1 aromatic heterocycles. The fraction of sp³-hybridized carbons (Fsp3) is 0.377. The van der Waals surface area contributed by atoms with Crippen LogP contribution in [-0.2, 0) is 44.8 Å². The molecule has 8 rings (SSSR count). The van der Waals surface area contributed by atoms with Crippen molar-refractivity contribution < 1.29 is 46.9 Å². The second-order valence-corrected chi connectivity index (χ2v) is 20.1. The van der Waals surface area contributed by atoms with Crippen LogP contribution < -0.4 is 19.9 Å². The number of anilines is 2. The van der Waals surface area contributed by atoms with Crippen molar-refractivity contribution in [3.05, 3.63) is 130 Å². The predicted octanol–water partition coefficient (Wildman–Crippen LogP) is 8.21. The molecule has 0 aliphatic carbocycles. The number of carbonyl (C=O) groups is 4. The highest BCUT2D eigenvalue weighted by Crippen LogP contribution is 2.40. The average molecular weight is 1020 g/mol. The highest BCUT2D eigenvalue weighted by atomic mass is 32.1. The Morgan fingerprint density at radius 3 is 2.36 bits per heavy atom. The largest absolute Gasteiger partial charge is 0.491 e. The number of halogens is 3. The Kier molecular flexibility index (Phi) is 15.2. The first-order valence-corrected chi connectivity index (χ1v) is 24.9. The van der Waals surface area contributed by atoms with Gasteiger partial charge in [-0.3, -0.25) is 24.1 Å². The SMILES string of the molecule is Cc1ncsc1-c1ccc(CNC(=O)[C@@H]2C[C@@H](O)CN2C(=O)C(C(C)C)N2Cc3cc(CCCOCCOc4ccc(N5C(=S)N(c6ccc(C#N)c(C(F)(F)F)c6)C(=O)C5(C)C)cc4)ccc3C2=O)cc1. The fourth-order valence-electron chi connectivity index (χ4n) is 9.54. The lowest BCUT2D eigenvalue weighted by Crippen LogP contribution is -2.55. The molecule has 3 atom stereocenters. The summed E-state index contributed by atoms with van der Waals surface area (Å²) >= 11 is 7.21. The number of hydrogen-bond acceptors (Lipinski definition) is 11. The number of thiazole rings is 1. The van der Waals surface area contributed by atoms with E-state index in [-0.39, 0.29) is 67.1 Å². The summed E-state index contributed by atoms with van der Waals surface area (Å²) in [5.41, 5.74) is 4.53. The van der Waals surface area contributed by atoms with E-state index in [1.807, 2.05) is 57.2 Å². The van der Waals surface area contributed by atoms with Gasteiger partial charge >= 0.3 is 6.18 Å². The van der Waals surface area contributed by atoms with Crippen molar-refractivity contribution in [3.63, 3.8) is 0 Å². The van der Waals surface area contributed by atoms with E-state index >= 15 is 0 Å². The molecule has 0 bridgehead atoms. The van der Waals surface area contributed by atoms with Gasteiger partial charge in [-0.05, 0) is 123 Å². The zero-order valence-electron chi connectivity index (χ0n) is 40.4. The minimum atomic E-state index is -4.81. The van der Waals surface area contributed by atoms with Crippen LogP contribution >= 0.6 is 23.6 Å². The van der Waals surface area contributed by atoms with Crippen LogP contribution in [0.5, 0.6) is 5.75 Å². The number of benzene rings is 4. The molecular weight excluding hydrogens is 968 g/mol. The van der Waals surface area contributed by atoms with E-state index in [1.54, 1.807) is 76.9 Å². The number of amides is 4. The second kappa shape index (κ2) is 21.2. The number of hydrogen-bond donors (Lipinski definition) is 2. The van der Waals surface area contributed by atoms with Crippen LogP contribution in [0, 0.1) is 24.2 Å². The number of nitriles is 1. The van der Waals surface area contributed by atoms with Gasteiger partial charge in [0, 0.05) is 43.9 Å². The minimum absolute atomic E-state index is 0.00692. The second-order valence-electron chi connectivity index (χ2n) is 18.9. The van der Waals surface area contributed by atoms with Gasteiger partial charge < -0.3 is 34.6 Å². The third kappa shape index (κ3) is 10.6. The fourth-order valence-corrected chi connectivity index (χ4v) is 10.9. The van der Waals surface area contributed by atoms with Crippen molar-refractivity contribution in [2.24, 2.45) is 5.92 Å². The van der Waals surface area contributed by atoms with Gasteiger partial charge in [-0.15, -0.1) is 11.3 Å². The van der Waals surface area contributed by atoms with E-state index in [9.17, 15) is 42.7 Å². The number of likely N-dealkylation sites (tertiary alicyclic amines) is 1. The molecule has 376 valence electrons. The summed E-state index contributed by atoms with van der Waals surface area (Å²) in [6, 6.07) is 23.2. The van der Waals surface area contributed by atoms with Crippen LogP contribution in [0.3, 0.4) is 0 Å². The monoisotopic (exact) mass is 1020 g/mol. The molecular formula is C53H54F3N7O7S2. The van der Waals surface area contributed by atoms with Crippen LogP contribution in [0.4, 0.5) is 24.5 Å². The number of thiocarbonyl (C=S) groups is 1. The third-order valence-corrected chi connectivity index (χ3v) is 14.6. The summed E-state index contributed by atoms with van der Waals surface area (Å²) in [7, 11) is 0. The minimum Gasteiger partial charge on any atom is -0.491 e. The van der Waals surface area contributed by atoms with Crippen LogP contribution in [0.2, 0.25) is 0 Å². The van der Waals surface area contributed by atoms with Gasteiger partial charge in [-0.2, -0.15) is 18.4 Å². The lowest BCUT2D eigenvalue weighted by molar-refractivity contribution is -0.143. The number of nitrogens with one attached hydrogen (secondary N) is 1. The van der Waals surface area contributed by atoms with Gasteiger partial charge in [0.05, 0.1) is 51.7 Å². The standard InChI is InChI=1S/C53H54F3N7O7S2/c1-31(2)45(49(67)60-29-40(64)25-44(60)47(65)58-27-34-8-11-35(12-9-34)46-32(3)59-30-72-46)61-28-37-23-33(10-19-42(37)48(61)66)7-6-20-69-21-22-70-41-17-15-38(16-18-41)63-51(71)62(50(68)52(63,4)5)39-14-13-36(26-57)43(24-39)53(54,55)56/h8-19,23-24,30-31,40,44-45,64H,6-7,20-22,25,27-29H2,1-5H3,(H,58,65)/t40-,44+,45?/m1/s1. The van der Waals surface area contributed by atoms with E-state index in [1.165, 1.54) is 11.0 Å².